The van der Waals surface area contributed by atoms with Crippen LogP contribution in [0.15, 0.2) is 58.8 Å². The summed E-state index contributed by atoms with van der Waals surface area (Å²) in [4.78, 5) is 7.42. The smallest absolute Gasteiger partial charge is 0.468 e. The van der Waals surface area contributed by atoms with E-state index >= 15 is 0 Å². The zero-order valence-electron chi connectivity index (χ0n) is 18.4. The third-order valence-electron chi connectivity index (χ3n) is 4.19. The second kappa shape index (κ2) is 11.1. The van der Waals surface area contributed by atoms with E-state index in [0.717, 1.165) is 24.3 Å². The van der Waals surface area contributed by atoms with E-state index in [9.17, 15) is 43.9 Å². The third-order valence-corrected chi connectivity index (χ3v) is 4.19. The van der Waals surface area contributed by atoms with E-state index in [1.54, 1.807) is 0 Å². The van der Waals surface area contributed by atoms with Crippen LogP contribution >= 0.6 is 0 Å². The Labute approximate surface area is 206 Å². The fourth-order valence-electron chi connectivity index (χ4n) is 2.70. The Hall–Kier alpha value is -4.18. The Morgan fingerprint density at radius 1 is 0.842 bits per heavy atom. The summed E-state index contributed by atoms with van der Waals surface area (Å²) in [5.74, 6) is -3.63. The highest BCUT2D eigenvalue weighted by Crippen LogP contribution is 2.34. The molecule has 17 heteroatoms. The van der Waals surface area contributed by atoms with Gasteiger partial charge in [0.15, 0.2) is 6.61 Å². The molecule has 2 aromatic carbocycles. The van der Waals surface area contributed by atoms with Crippen molar-refractivity contribution < 1.29 is 53.4 Å². The quantitative estimate of drug-likeness (QED) is 0.229. The van der Waals surface area contributed by atoms with Crippen molar-refractivity contribution in [3.05, 3.63) is 65.5 Å². The Morgan fingerprint density at radius 3 is 2.13 bits per heavy atom. The summed E-state index contributed by atoms with van der Waals surface area (Å²) >= 11 is 0. The molecule has 0 aliphatic heterocycles. The van der Waals surface area contributed by atoms with Gasteiger partial charge in [-0.2, -0.15) is 41.4 Å². The van der Waals surface area contributed by atoms with Crippen LogP contribution in [0.2, 0.25) is 0 Å². The van der Waals surface area contributed by atoms with Crippen LogP contribution in [0.5, 0.6) is 11.6 Å². The first-order chi connectivity index (χ1) is 17.6. The number of halogens is 10. The predicted molar refractivity (Wildman–Crippen MR) is 110 cm³/mol. The summed E-state index contributed by atoms with van der Waals surface area (Å²) in [6.07, 6.45) is -14.7. The lowest BCUT2D eigenvalue weighted by Crippen LogP contribution is -2.19. The molecule has 204 valence electrons. The van der Waals surface area contributed by atoms with Crippen molar-refractivity contribution in [3.8, 4) is 11.6 Å². The Morgan fingerprint density at radius 2 is 1.53 bits per heavy atom. The van der Waals surface area contributed by atoms with Gasteiger partial charge in [0.25, 0.3) is 5.95 Å². The summed E-state index contributed by atoms with van der Waals surface area (Å²) in [5.41, 5.74) is -1.56. The number of ether oxygens (including phenoxy) is 2. The second-order valence-electron chi connectivity index (χ2n) is 7.20. The van der Waals surface area contributed by atoms with Crippen LogP contribution < -0.4 is 14.8 Å². The number of benzene rings is 2. The normalized spacial score (nSPS) is 12.6. The van der Waals surface area contributed by atoms with Crippen LogP contribution in [0.3, 0.4) is 0 Å². The topological polar surface area (TPSA) is 81.0 Å². The van der Waals surface area contributed by atoms with E-state index in [4.69, 9.17) is 0 Å². The molecule has 0 saturated heterocycles. The van der Waals surface area contributed by atoms with Crippen molar-refractivity contribution in [2.24, 2.45) is 10.2 Å². The number of hydrogen-bond donors (Lipinski definition) is 1. The van der Waals surface area contributed by atoms with E-state index in [2.05, 4.69) is 35.0 Å². The highest BCUT2D eigenvalue weighted by atomic mass is 19.4. The Bertz CT molecular complexity index is 1280. The molecule has 7 nitrogen and oxygen atoms in total. The van der Waals surface area contributed by atoms with Crippen molar-refractivity contribution in [2.45, 2.75) is 25.3 Å². The molecule has 3 rings (SSSR count). The minimum Gasteiger partial charge on any atom is -0.468 e. The first kappa shape index (κ1) is 28.4. The molecule has 0 aliphatic carbocycles. The van der Waals surface area contributed by atoms with Gasteiger partial charge in [-0.25, -0.2) is 4.39 Å². The van der Waals surface area contributed by atoms with E-state index in [1.807, 2.05) is 0 Å². The molecule has 0 bridgehead atoms. The van der Waals surface area contributed by atoms with Gasteiger partial charge in [-0.3, -0.25) is 0 Å². The number of rotatable bonds is 8. The van der Waals surface area contributed by atoms with Crippen molar-refractivity contribution >= 4 is 17.5 Å². The minimum atomic E-state index is -5.02. The van der Waals surface area contributed by atoms with Crippen LogP contribution in [-0.4, -0.2) is 29.1 Å². The van der Waals surface area contributed by atoms with Gasteiger partial charge in [-0.05, 0) is 35.9 Å². The zero-order chi connectivity index (χ0) is 28.1. The number of aromatic nitrogens is 2. The molecule has 0 unspecified atom stereocenters. The number of anilines is 2. The fourth-order valence-corrected chi connectivity index (χ4v) is 2.70. The first-order valence-corrected chi connectivity index (χ1v) is 10.0. The molecule has 0 fully saturated rings. The second-order valence-corrected chi connectivity index (χ2v) is 7.20. The molecule has 3 aromatic rings. The summed E-state index contributed by atoms with van der Waals surface area (Å²) in [6, 6.07) is 7.21. The number of nitrogens with zero attached hydrogens (tertiary/aromatic N) is 4. The largest absolute Gasteiger partial charge is 0.573 e. The maximum Gasteiger partial charge on any atom is 0.573 e. The maximum atomic E-state index is 13.5. The molecule has 0 radical (unpaired) electrons. The maximum absolute atomic E-state index is 13.5. The molecular formula is C21H13F10N5O2. The Kier molecular flexibility index (Phi) is 8.26. The number of nitrogens with one attached hydrogen (secondary N) is 1. The molecule has 0 amide bonds. The van der Waals surface area contributed by atoms with Gasteiger partial charge < -0.3 is 14.8 Å². The highest BCUT2D eigenvalue weighted by molar-refractivity contribution is 5.59. The van der Waals surface area contributed by atoms with Crippen LogP contribution in [0.25, 0.3) is 0 Å². The van der Waals surface area contributed by atoms with Crippen LogP contribution in [0.1, 0.15) is 11.1 Å². The van der Waals surface area contributed by atoms with Gasteiger partial charge >= 0.3 is 18.7 Å². The molecule has 0 aliphatic rings. The van der Waals surface area contributed by atoms with Crippen molar-refractivity contribution in [3.63, 3.8) is 0 Å². The lowest BCUT2D eigenvalue weighted by Gasteiger charge is -2.13. The molecule has 0 spiro atoms. The summed E-state index contributed by atoms with van der Waals surface area (Å²) in [5, 5.41) is 9.69. The molecule has 0 atom stereocenters. The number of azo groups is 1. The van der Waals surface area contributed by atoms with E-state index < -0.39 is 54.3 Å². The minimum absolute atomic E-state index is 0.223. The van der Waals surface area contributed by atoms with Crippen LogP contribution in [0, 0.1) is 5.82 Å². The molecule has 38 heavy (non-hydrogen) atoms. The molecule has 1 aromatic heterocycles. The number of alkyl halides is 9. The van der Waals surface area contributed by atoms with Gasteiger partial charge in [0.1, 0.15) is 17.4 Å². The monoisotopic (exact) mass is 557 g/mol. The number of hydrogen-bond acceptors (Lipinski definition) is 7. The standard InChI is InChI=1S/C21H13F10N5O2/c22-15-6-3-12(7-14(15)20(26,27)28)33-16-8-17(37-10-19(23,24)25)35-18(34-16)36-32-9-11-1-4-13(5-2-11)38-21(29,30)31/h1-8H,9-10H2,(H,33,34,35). The van der Waals surface area contributed by atoms with E-state index in [1.165, 1.54) is 12.1 Å². The SMILES string of the molecule is Fc1ccc(Nc2cc(OCC(F)(F)F)nc(N=NCc3ccc(OC(F)(F)F)cc3)n2)cc1C(F)(F)F. The van der Waals surface area contributed by atoms with Crippen molar-refractivity contribution in [1.82, 2.24) is 9.97 Å². The average molecular weight is 557 g/mol. The van der Waals surface area contributed by atoms with Crippen LogP contribution in [-0.2, 0) is 12.7 Å². The van der Waals surface area contributed by atoms with Gasteiger partial charge in [0.2, 0.25) is 5.88 Å². The summed E-state index contributed by atoms with van der Waals surface area (Å²) in [6.45, 7) is -1.99. The molecule has 1 heterocycles. The lowest BCUT2D eigenvalue weighted by molar-refractivity contribution is -0.274. The molecule has 1 N–H and O–H groups in total. The summed E-state index contributed by atoms with van der Waals surface area (Å²) in [7, 11) is 0. The predicted octanol–water partition coefficient (Wildman–Crippen LogP) is 7.50. The van der Waals surface area contributed by atoms with Gasteiger partial charge in [-0.1, -0.05) is 12.1 Å². The first-order valence-electron chi connectivity index (χ1n) is 10.0. The van der Waals surface area contributed by atoms with E-state index in [-0.39, 0.29) is 18.1 Å². The third kappa shape index (κ3) is 9.04. The van der Waals surface area contributed by atoms with Crippen molar-refractivity contribution in [2.75, 3.05) is 11.9 Å². The zero-order valence-corrected chi connectivity index (χ0v) is 18.4. The highest BCUT2D eigenvalue weighted by Gasteiger charge is 2.34. The van der Waals surface area contributed by atoms with Crippen LogP contribution in [0.4, 0.5) is 61.4 Å². The van der Waals surface area contributed by atoms with E-state index in [0.29, 0.717) is 17.7 Å². The summed E-state index contributed by atoms with van der Waals surface area (Å²) < 4.78 is 135. The lowest BCUT2D eigenvalue weighted by atomic mass is 10.2. The average Bonchev–Trinajstić information content (AvgIpc) is 2.78. The Balaban J connectivity index is 1.81. The van der Waals surface area contributed by atoms with Crippen molar-refractivity contribution in [1.29, 1.82) is 0 Å². The van der Waals surface area contributed by atoms with Gasteiger partial charge in [0, 0.05) is 11.8 Å². The van der Waals surface area contributed by atoms with Gasteiger partial charge in [0.05, 0.1) is 12.1 Å². The molecular weight excluding hydrogens is 544 g/mol. The van der Waals surface area contributed by atoms with Gasteiger partial charge in [-0.15, -0.1) is 18.3 Å². The fraction of sp³-hybridized carbons (Fsp3) is 0.238. The molecule has 0 saturated carbocycles.